The number of nitrogens with two attached hydrogens (primary N) is 1. The maximum absolute atomic E-state index is 11.5. The maximum Gasteiger partial charge on any atom is 0.249 e. The number of nitrogen functional groups attached to an aromatic ring is 1. The lowest BCUT2D eigenvalue weighted by molar-refractivity contribution is 0.593. The maximum atomic E-state index is 11.5. The zero-order chi connectivity index (χ0) is 14.0. The third kappa shape index (κ3) is 2.53. The van der Waals surface area contributed by atoms with Crippen LogP contribution in [-0.2, 0) is 9.84 Å². The van der Waals surface area contributed by atoms with Gasteiger partial charge in [0.25, 0.3) is 0 Å². The molecule has 96 valence electrons. The molecule has 1 aromatic heterocycles. The molecule has 7 heteroatoms. The quantitative estimate of drug-likeness (QED) is 0.818. The summed E-state index contributed by atoms with van der Waals surface area (Å²) in [5.41, 5.74) is 6.52. The molecule has 0 unspecified atom stereocenters. The summed E-state index contributed by atoms with van der Waals surface area (Å²) >= 11 is 0. The highest BCUT2D eigenvalue weighted by molar-refractivity contribution is 7.90. The van der Waals surface area contributed by atoms with E-state index in [0.29, 0.717) is 5.56 Å². The Balaban J connectivity index is 2.79. The van der Waals surface area contributed by atoms with Gasteiger partial charge in [-0.15, -0.1) is 0 Å². The minimum Gasteiger partial charge on any atom is -0.382 e. The first-order valence-electron chi connectivity index (χ1n) is 5.26. The second kappa shape index (κ2) is 4.66. The zero-order valence-electron chi connectivity index (χ0n) is 10.0. The van der Waals surface area contributed by atoms with E-state index in [1.807, 2.05) is 6.07 Å². The molecule has 0 aliphatic carbocycles. The van der Waals surface area contributed by atoms with E-state index in [2.05, 4.69) is 9.97 Å². The Morgan fingerprint density at radius 2 is 1.84 bits per heavy atom. The number of rotatable bonds is 2. The van der Waals surface area contributed by atoms with E-state index >= 15 is 0 Å². The van der Waals surface area contributed by atoms with Crippen LogP contribution in [0.1, 0.15) is 5.56 Å². The van der Waals surface area contributed by atoms with E-state index < -0.39 is 9.84 Å². The molecule has 6 nitrogen and oxygen atoms in total. The molecule has 2 N–H and O–H groups in total. The first-order chi connectivity index (χ1) is 8.93. The lowest BCUT2D eigenvalue weighted by Crippen LogP contribution is -2.09. The van der Waals surface area contributed by atoms with Gasteiger partial charge in [-0.1, -0.05) is 30.3 Å². The summed E-state index contributed by atoms with van der Waals surface area (Å²) in [4.78, 5) is 7.60. The summed E-state index contributed by atoms with van der Waals surface area (Å²) in [5, 5.41) is 8.71. The van der Waals surface area contributed by atoms with E-state index in [4.69, 9.17) is 11.0 Å². The normalized spacial score (nSPS) is 10.9. The first-order valence-corrected chi connectivity index (χ1v) is 7.15. The Bertz CT molecular complexity index is 764. The summed E-state index contributed by atoms with van der Waals surface area (Å²) in [6.45, 7) is 0. The summed E-state index contributed by atoms with van der Waals surface area (Å²) in [7, 11) is -3.59. The van der Waals surface area contributed by atoms with Crippen molar-refractivity contribution < 1.29 is 8.42 Å². The van der Waals surface area contributed by atoms with Gasteiger partial charge in [-0.25, -0.2) is 13.4 Å². The number of hydrogen-bond acceptors (Lipinski definition) is 6. The molecule has 0 aliphatic rings. The third-order valence-electron chi connectivity index (χ3n) is 2.41. The van der Waals surface area contributed by atoms with Crippen molar-refractivity contribution in [1.82, 2.24) is 9.97 Å². The minimum absolute atomic E-state index is 0.0681. The molecule has 0 saturated carbocycles. The van der Waals surface area contributed by atoms with E-state index in [0.717, 1.165) is 6.26 Å². The monoisotopic (exact) mass is 274 g/mol. The van der Waals surface area contributed by atoms with Crippen LogP contribution in [0.15, 0.2) is 35.5 Å². The van der Waals surface area contributed by atoms with Gasteiger partial charge in [0.1, 0.15) is 17.5 Å². The molecule has 2 aromatic rings. The molecular weight excluding hydrogens is 264 g/mol. The number of sulfone groups is 1. The number of hydrogen-bond donors (Lipinski definition) is 1. The van der Waals surface area contributed by atoms with Crippen LogP contribution >= 0.6 is 0 Å². The van der Waals surface area contributed by atoms with Crippen molar-refractivity contribution in [2.24, 2.45) is 0 Å². The van der Waals surface area contributed by atoms with Gasteiger partial charge in [0.15, 0.2) is 0 Å². The van der Waals surface area contributed by atoms with Crippen LogP contribution < -0.4 is 5.73 Å². The molecule has 0 amide bonds. The topological polar surface area (TPSA) is 110 Å². The number of nitriles is 1. The van der Waals surface area contributed by atoms with Crippen LogP contribution in [0.3, 0.4) is 0 Å². The largest absolute Gasteiger partial charge is 0.382 e. The van der Waals surface area contributed by atoms with Crippen molar-refractivity contribution >= 4 is 15.7 Å². The highest BCUT2D eigenvalue weighted by atomic mass is 32.2. The van der Waals surface area contributed by atoms with Crippen LogP contribution in [0.2, 0.25) is 0 Å². The van der Waals surface area contributed by atoms with Crippen LogP contribution in [0.5, 0.6) is 0 Å². The van der Waals surface area contributed by atoms with E-state index in [-0.39, 0.29) is 22.2 Å². The van der Waals surface area contributed by atoms with Crippen LogP contribution in [0, 0.1) is 11.3 Å². The van der Waals surface area contributed by atoms with Gasteiger partial charge >= 0.3 is 0 Å². The molecule has 0 aliphatic heterocycles. The van der Waals surface area contributed by atoms with Crippen LogP contribution in [0.25, 0.3) is 11.3 Å². The van der Waals surface area contributed by atoms with Gasteiger partial charge in [0, 0.05) is 11.8 Å². The molecular formula is C12H10N4O2S. The molecule has 0 atom stereocenters. The average molecular weight is 274 g/mol. The predicted octanol–water partition coefficient (Wildman–Crippen LogP) is 1.00. The summed E-state index contributed by atoms with van der Waals surface area (Å²) in [6.07, 6.45) is 0.989. The van der Waals surface area contributed by atoms with E-state index in [9.17, 15) is 8.42 Å². The lowest BCUT2D eigenvalue weighted by Gasteiger charge is -2.07. The fraction of sp³-hybridized carbons (Fsp3) is 0.0833. The molecule has 0 spiro atoms. The average Bonchev–Trinajstić information content (AvgIpc) is 2.37. The predicted molar refractivity (Wildman–Crippen MR) is 69.7 cm³/mol. The minimum atomic E-state index is -3.59. The molecule has 1 heterocycles. The summed E-state index contributed by atoms with van der Waals surface area (Å²) < 4.78 is 23.0. The van der Waals surface area contributed by atoms with Crippen LogP contribution in [-0.4, -0.2) is 24.6 Å². The molecule has 0 saturated heterocycles. The first kappa shape index (κ1) is 13.0. The molecule has 1 aromatic carbocycles. The fourth-order valence-corrected chi connectivity index (χ4v) is 2.06. The van der Waals surface area contributed by atoms with Gasteiger partial charge in [0.05, 0.1) is 5.69 Å². The van der Waals surface area contributed by atoms with Crippen molar-refractivity contribution in [1.29, 1.82) is 5.26 Å². The second-order valence-electron chi connectivity index (χ2n) is 3.87. The van der Waals surface area contributed by atoms with Crippen molar-refractivity contribution in [3.63, 3.8) is 0 Å². The smallest absolute Gasteiger partial charge is 0.249 e. The molecule has 2 rings (SSSR count). The Kier molecular flexibility index (Phi) is 3.19. The fourth-order valence-electron chi connectivity index (χ4n) is 1.54. The number of anilines is 1. The van der Waals surface area contributed by atoms with Gasteiger partial charge in [-0.3, -0.25) is 0 Å². The van der Waals surface area contributed by atoms with Gasteiger partial charge in [0.2, 0.25) is 15.0 Å². The van der Waals surface area contributed by atoms with E-state index in [1.165, 1.54) is 0 Å². The third-order valence-corrected chi connectivity index (χ3v) is 3.25. The Morgan fingerprint density at radius 3 is 2.37 bits per heavy atom. The van der Waals surface area contributed by atoms with Crippen molar-refractivity contribution in [2.75, 3.05) is 12.0 Å². The lowest BCUT2D eigenvalue weighted by atomic mass is 10.1. The van der Waals surface area contributed by atoms with Gasteiger partial charge < -0.3 is 5.73 Å². The Morgan fingerprint density at radius 1 is 1.21 bits per heavy atom. The van der Waals surface area contributed by atoms with Crippen molar-refractivity contribution in [3.8, 4) is 17.3 Å². The van der Waals surface area contributed by atoms with Gasteiger partial charge in [-0.05, 0) is 0 Å². The zero-order valence-corrected chi connectivity index (χ0v) is 10.8. The molecule has 19 heavy (non-hydrogen) atoms. The summed E-state index contributed by atoms with van der Waals surface area (Å²) in [6, 6.07) is 10.7. The van der Waals surface area contributed by atoms with Gasteiger partial charge in [-0.2, -0.15) is 10.2 Å². The summed E-state index contributed by atoms with van der Waals surface area (Å²) in [5.74, 6) is -0.142. The Hall–Kier alpha value is -2.46. The van der Waals surface area contributed by atoms with E-state index in [1.54, 1.807) is 30.3 Å². The van der Waals surface area contributed by atoms with Crippen molar-refractivity contribution in [2.45, 2.75) is 5.16 Å². The standard InChI is InChI=1S/C12H10N4O2S/c1-19(17,18)12-15-10(8-5-3-2-4-6-8)9(7-13)11(14)16-12/h2-6H,1H3,(H2,14,15,16). The molecule has 0 radical (unpaired) electrons. The number of nitrogens with zero attached hydrogens (tertiary/aromatic N) is 3. The Labute approximate surface area is 110 Å². The van der Waals surface area contributed by atoms with Crippen molar-refractivity contribution in [3.05, 3.63) is 35.9 Å². The highest BCUT2D eigenvalue weighted by Crippen LogP contribution is 2.25. The highest BCUT2D eigenvalue weighted by Gasteiger charge is 2.19. The molecule has 0 bridgehead atoms. The SMILES string of the molecule is CS(=O)(=O)c1nc(N)c(C#N)c(-c2ccccc2)n1. The second-order valence-corrected chi connectivity index (χ2v) is 5.77. The molecule has 0 fully saturated rings. The van der Waals surface area contributed by atoms with Crippen LogP contribution in [0.4, 0.5) is 5.82 Å². The number of benzene rings is 1. The number of aromatic nitrogens is 2.